The maximum atomic E-state index is 12.7. The molecule has 2 saturated heterocycles. The summed E-state index contributed by atoms with van der Waals surface area (Å²) >= 11 is 6.76. The Kier molecular flexibility index (Phi) is 9.31. The number of carbonyl (C=O) groups is 3. The Bertz CT molecular complexity index is 909. The molecule has 0 unspecified atom stereocenters. The first-order valence-corrected chi connectivity index (χ1v) is 12.6. The molecule has 2 aliphatic heterocycles. The minimum absolute atomic E-state index is 0.0406. The van der Waals surface area contributed by atoms with Crippen molar-refractivity contribution in [3.63, 3.8) is 0 Å². The van der Waals surface area contributed by atoms with E-state index in [1.54, 1.807) is 16.7 Å². The maximum Gasteiger partial charge on any atom is 0.409 e. The number of hydrogen-bond acceptors (Lipinski definition) is 6. The molecular formula is C24H31N3O4S2. The van der Waals surface area contributed by atoms with Crippen LogP contribution in [0.15, 0.2) is 29.2 Å². The lowest BCUT2D eigenvalue weighted by Gasteiger charge is -2.34. The topological polar surface area (TPSA) is 70.2 Å². The van der Waals surface area contributed by atoms with Crippen molar-refractivity contribution >= 4 is 52.3 Å². The number of rotatable bonds is 8. The summed E-state index contributed by atoms with van der Waals surface area (Å²) in [7, 11) is 0. The van der Waals surface area contributed by atoms with E-state index in [0.717, 1.165) is 24.8 Å². The molecule has 1 aromatic carbocycles. The van der Waals surface area contributed by atoms with Crippen LogP contribution in [0.3, 0.4) is 0 Å². The molecule has 3 amide bonds. The molecule has 0 spiro atoms. The van der Waals surface area contributed by atoms with E-state index in [4.69, 9.17) is 17.0 Å². The third kappa shape index (κ3) is 7.04. The van der Waals surface area contributed by atoms with Crippen LogP contribution in [-0.2, 0) is 14.3 Å². The number of thioether (sulfide) groups is 1. The highest BCUT2D eigenvalue weighted by Gasteiger charge is 2.31. The summed E-state index contributed by atoms with van der Waals surface area (Å²) in [6, 6.07) is 8.04. The van der Waals surface area contributed by atoms with Gasteiger partial charge in [-0.15, -0.1) is 0 Å². The number of piperazine rings is 1. The first kappa shape index (κ1) is 25.2. The van der Waals surface area contributed by atoms with Crippen LogP contribution >= 0.6 is 24.0 Å². The van der Waals surface area contributed by atoms with Gasteiger partial charge in [0.1, 0.15) is 4.32 Å². The highest BCUT2D eigenvalue weighted by molar-refractivity contribution is 8.26. The zero-order chi connectivity index (χ0) is 23.8. The number of aryl methyl sites for hydroxylation is 1. The summed E-state index contributed by atoms with van der Waals surface area (Å²) < 4.78 is 5.60. The molecule has 7 nitrogen and oxygen atoms in total. The lowest BCUT2D eigenvalue weighted by Crippen LogP contribution is -2.50. The minimum Gasteiger partial charge on any atom is -0.450 e. The van der Waals surface area contributed by atoms with E-state index in [9.17, 15) is 14.4 Å². The van der Waals surface area contributed by atoms with Gasteiger partial charge in [-0.1, -0.05) is 60.2 Å². The van der Waals surface area contributed by atoms with Gasteiger partial charge in [-0.25, -0.2) is 4.79 Å². The number of amides is 3. The standard InChI is InChI=1S/C24H31N3O4S2/c1-3-31-23(30)26-15-13-25(14-16-26)21(28)7-5-4-6-12-27-22(29)20(33-24(27)32)17-19-10-8-18(2)9-11-19/h8-11,17H,3-7,12-16H2,1-2H3. The van der Waals surface area contributed by atoms with Crippen LogP contribution in [0.1, 0.15) is 43.7 Å². The van der Waals surface area contributed by atoms with Crippen molar-refractivity contribution in [3.8, 4) is 0 Å². The van der Waals surface area contributed by atoms with Gasteiger partial charge in [-0.05, 0) is 38.3 Å². The molecular weight excluding hydrogens is 458 g/mol. The van der Waals surface area contributed by atoms with Crippen molar-refractivity contribution in [2.24, 2.45) is 0 Å². The number of ether oxygens (including phenoxy) is 1. The van der Waals surface area contributed by atoms with Gasteiger partial charge in [0.15, 0.2) is 0 Å². The number of thiocarbonyl (C=S) groups is 1. The quantitative estimate of drug-likeness (QED) is 0.312. The average molecular weight is 490 g/mol. The summed E-state index contributed by atoms with van der Waals surface area (Å²) in [6.07, 6.45) is 4.47. The van der Waals surface area contributed by atoms with Crippen molar-refractivity contribution in [1.82, 2.24) is 14.7 Å². The summed E-state index contributed by atoms with van der Waals surface area (Å²) in [4.78, 5) is 42.7. The van der Waals surface area contributed by atoms with E-state index < -0.39 is 0 Å². The fourth-order valence-corrected chi connectivity index (χ4v) is 5.05. The number of hydrogen-bond donors (Lipinski definition) is 0. The predicted octanol–water partition coefficient (Wildman–Crippen LogP) is 4.06. The van der Waals surface area contributed by atoms with Gasteiger partial charge in [0.2, 0.25) is 5.91 Å². The summed E-state index contributed by atoms with van der Waals surface area (Å²) in [6.45, 7) is 6.85. The third-order valence-corrected chi connectivity index (χ3v) is 7.06. The molecule has 3 rings (SSSR count). The van der Waals surface area contributed by atoms with E-state index in [0.29, 0.717) is 55.0 Å². The van der Waals surface area contributed by atoms with Gasteiger partial charge >= 0.3 is 6.09 Å². The van der Waals surface area contributed by atoms with Gasteiger partial charge in [0.05, 0.1) is 11.5 Å². The third-order valence-electron chi connectivity index (χ3n) is 5.68. The SMILES string of the molecule is CCOC(=O)N1CCN(C(=O)CCCCCN2C(=O)C(=Cc3ccc(C)cc3)SC2=S)CC1. The molecule has 2 heterocycles. The lowest BCUT2D eigenvalue weighted by molar-refractivity contribution is -0.133. The van der Waals surface area contributed by atoms with E-state index in [2.05, 4.69) is 0 Å². The molecule has 0 aliphatic carbocycles. The molecule has 2 fully saturated rings. The molecule has 0 aromatic heterocycles. The Morgan fingerprint density at radius 3 is 2.39 bits per heavy atom. The van der Waals surface area contributed by atoms with Gasteiger partial charge < -0.3 is 14.5 Å². The number of carbonyl (C=O) groups excluding carboxylic acids is 3. The fraction of sp³-hybridized carbons (Fsp3) is 0.500. The molecule has 33 heavy (non-hydrogen) atoms. The second-order valence-corrected chi connectivity index (χ2v) is 9.80. The van der Waals surface area contributed by atoms with Gasteiger partial charge in [-0.3, -0.25) is 14.5 Å². The molecule has 1 aromatic rings. The molecule has 0 bridgehead atoms. The number of nitrogens with zero attached hydrogens (tertiary/aromatic N) is 3. The molecule has 0 radical (unpaired) electrons. The molecule has 9 heteroatoms. The highest BCUT2D eigenvalue weighted by atomic mass is 32.2. The first-order valence-electron chi connectivity index (χ1n) is 11.4. The Hall–Kier alpha value is -2.39. The van der Waals surface area contributed by atoms with Gasteiger partial charge in [-0.2, -0.15) is 0 Å². The summed E-state index contributed by atoms with van der Waals surface area (Å²) in [5.41, 5.74) is 2.17. The van der Waals surface area contributed by atoms with Crippen LogP contribution in [0.4, 0.5) is 4.79 Å². The Balaban J connectivity index is 1.36. The maximum absolute atomic E-state index is 12.7. The summed E-state index contributed by atoms with van der Waals surface area (Å²) in [5.74, 6) is 0.0753. The molecule has 0 saturated carbocycles. The van der Waals surface area contributed by atoms with E-state index in [1.165, 1.54) is 17.3 Å². The van der Waals surface area contributed by atoms with Crippen molar-refractivity contribution in [1.29, 1.82) is 0 Å². The minimum atomic E-state index is -0.311. The van der Waals surface area contributed by atoms with E-state index >= 15 is 0 Å². The number of benzene rings is 1. The Morgan fingerprint density at radius 2 is 1.73 bits per heavy atom. The number of unbranched alkanes of at least 4 members (excludes halogenated alkanes) is 2. The van der Waals surface area contributed by atoms with Gasteiger partial charge in [0.25, 0.3) is 5.91 Å². The smallest absolute Gasteiger partial charge is 0.409 e. The average Bonchev–Trinajstić information content (AvgIpc) is 3.07. The second kappa shape index (κ2) is 12.2. The van der Waals surface area contributed by atoms with Crippen molar-refractivity contribution < 1.29 is 19.1 Å². The van der Waals surface area contributed by atoms with Crippen LogP contribution in [-0.4, -0.2) is 76.3 Å². The van der Waals surface area contributed by atoms with Crippen molar-refractivity contribution in [3.05, 3.63) is 40.3 Å². The van der Waals surface area contributed by atoms with E-state index in [1.807, 2.05) is 42.2 Å². The zero-order valence-corrected chi connectivity index (χ0v) is 20.9. The molecule has 0 N–H and O–H groups in total. The monoisotopic (exact) mass is 489 g/mol. The molecule has 178 valence electrons. The predicted molar refractivity (Wildman–Crippen MR) is 135 cm³/mol. The zero-order valence-electron chi connectivity index (χ0n) is 19.2. The second-order valence-electron chi connectivity index (χ2n) is 8.12. The van der Waals surface area contributed by atoms with Crippen LogP contribution in [0.25, 0.3) is 6.08 Å². The van der Waals surface area contributed by atoms with Crippen LogP contribution in [0, 0.1) is 6.92 Å². The van der Waals surface area contributed by atoms with E-state index in [-0.39, 0.29) is 17.9 Å². The van der Waals surface area contributed by atoms with Crippen molar-refractivity contribution in [2.75, 3.05) is 39.3 Å². The van der Waals surface area contributed by atoms with Crippen molar-refractivity contribution in [2.45, 2.75) is 39.5 Å². The normalized spacial score (nSPS) is 17.8. The lowest BCUT2D eigenvalue weighted by atomic mass is 10.1. The summed E-state index contributed by atoms with van der Waals surface area (Å²) in [5, 5.41) is 0. The molecule has 0 atom stereocenters. The Morgan fingerprint density at radius 1 is 1.06 bits per heavy atom. The van der Waals surface area contributed by atoms with Crippen LogP contribution in [0.2, 0.25) is 0 Å². The fourth-order valence-electron chi connectivity index (χ4n) is 3.74. The molecule has 2 aliphatic rings. The van der Waals surface area contributed by atoms with Crippen LogP contribution in [0.5, 0.6) is 0 Å². The van der Waals surface area contributed by atoms with Crippen LogP contribution < -0.4 is 0 Å². The van der Waals surface area contributed by atoms with Gasteiger partial charge in [0, 0.05) is 39.1 Å². The highest BCUT2D eigenvalue weighted by Crippen LogP contribution is 2.32. The Labute approximate surface area is 205 Å². The largest absolute Gasteiger partial charge is 0.450 e. The first-order chi connectivity index (χ1) is 15.9.